The molecule has 0 bridgehead atoms. The molecule has 0 aliphatic heterocycles. The van der Waals surface area contributed by atoms with Gasteiger partial charge in [-0.25, -0.2) is 0 Å². The summed E-state index contributed by atoms with van der Waals surface area (Å²) in [6.45, 7) is 8.14. The van der Waals surface area contributed by atoms with Crippen molar-refractivity contribution >= 4 is 6.21 Å². The maximum Gasteiger partial charge on any atom is 0.119 e. The van der Waals surface area contributed by atoms with Gasteiger partial charge in [0, 0.05) is 12.8 Å². The van der Waals surface area contributed by atoms with Gasteiger partial charge in [-0.15, -0.1) is 0 Å². The van der Waals surface area contributed by atoms with Gasteiger partial charge < -0.3 is 4.74 Å². The second-order valence-corrected chi connectivity index (χ2v) is 6.75. The molecule has 0 aromatic heterocycles. The molecule has 0 radical (unpaired) electrons. The number of aryl methyl sites for hydroxylation is 1. The minimum Gasteiger partial charge on any atom is -0.489 e. The van der Waals surface area contributed by atoms with E-state index in [1.54, 1.807) is 0 Å². The molecule has 1 unspecified atom stereocenters. The minimum atomic E-state index is 0.601. The first kappa shape index (κ1) is 19.2. The lowest BCUT2D eigenvalue weighted by molar-refractivity contribution is 0.306. The predicted octanol–water partition coefficient (Wildman–Crippen LogP) is 6.21. The molecule has 134 valence electrons. The summed E-state index contributed by atoms with van der Waals surface area (Å²) in [7, 11) is 0. The fourth-order valence-electron chi connectivity index (χ4n) is 2.73. The Balaban J connectivity index is 1.80. The van der Waals surface area contributed by atoms with Gasteiger partial charge in [0.2, 0.25) is 0 Å². The fraction of sp³-hybridized carbons (Fsp3) is 0.435. The van der Waals surface area contributed by atoms with Crippen molar-refractivity contribution in [2.75, 3.05) is 6.54 Å². The third-order valence-electron chi connectivity index (χ3n) is 4.55. The van der Waals surface area contributed by atoms with Crippen molar-refractivity contribution in [2.45, 2.75) is 53.1 Å². The van der Waals surface area contributed by atoms with Gasteiger partial charge in [-0.3, -0.25) is 4.99 Å². The number of hydrogen-bond donors (Lipinski definition) is 0. The average molecular weight is 338 g/mol. The van der Waals surface area contributed by atoms with Crippen molar-refractivity contribution in [2.24, 2.45) is 10.9 Å². The molecular formula is C23H31NO. The summed E-state index contributed by atoms with van der Waals surface area (Å²) in [5, 5.41) is 0. The Kier molecular flexibility index (Phi) is 8.24. The highest BCUT2D eigenvalue weighted by Crippen LogP contribution is 2.15. The van der Waals surface area contributed by atoms with Crippen LogP contribution in [0.25, 0.3) is 0 Å². The number of rotatable bonds is 10. The summed E-state index contributed by atoms with van der Waals surface area (Å²) in [4.78, 5) is 4.63. The van der Waals surface area contributed by atoms with Crippen LogP contribution in [0, 0.1) is 12.8 Å². The molecule has 2 nitrogen and oxygen atoms in total. The van der Waals surface area contributed by atoms with E-state index in [4.69, 9.17) is 4.74 Å². The molecule has 0 aliphatic carbocycles. The van der Waals surface area contributed by atoms with Gasteiger partial charge in [0.15, 0.2) is 0 Å². The first-order chi connectivity index (χ1) is 12.2. The largest absolute Gasteiger partial charge is 0.489 e. The molecule has 2 aromatic carbocycles. The third-order valence-corrected chi connectivity index (χ3v) is 4.55. The normalized spacial score (nSPS) is 12.4. The van der Waals surface area contributed by atoms with Crippen LogP contribution < -0.4 is 4.74 Å². The van der Waals surface area contributed by atoms with Crippen LogP contribution >= 0.6 is 0 Å². The van der Waals surface area contributed by atoms with Gasteiger partial charge in [0.05, 0.1) is 0 Å². The topological polar surface area (TPSA) is 21.6 Å². The Morgan fingerprint density at radius 3 is 2.36 bits per heavy atom. The Hall–Kier alpha value is -2.09. The van der Waals surface area contributed by atoms with E-state index in [1.807, 2.05) is 18.3 Å². The van der Waals surface area contributed by atoms with E-state index in [9.17, 15) is 0 Å². The molecule has 25 heavy (non-hydrogen) atoms. The highest BCUT2D eigenvalue weighted by atomic mass is 16.5. The smallest absolute Gasteiger partial charge is 0.119 e. The van der Waals surface area contributed by atoms with E-state index in [-0.39, 0.29) is 0 Å². The summed E-state index contributed by atoms with van der Waals surface area (Å²) in [6, 6.07) is 16.6. The van der Waals surface area contributed by atoms with Crippen molar-refractivity contribution < 1.29 is 4.74 Å². The number of unbranched alkanes of at least 4 members (excludes halogenated alkanes) is 1. The number of aliphatic imine (C=N–C) groups is 1. The molecular weight excluding hydrogens is 306 g/mol. The van der Waals surface area contributed by atoms with Crippen molar-refractivity contribution in [3.8, 4) is 5.75 Å². The summed E-state index contributed by atoms with van der Waals surface area (Å²) < 4.78 is 5.85. The molecule has 0 saturated heterocycles. The first-order valence-electron chi connectivity index (χ1n) is 9.49. The highest BCUT2D eigenvalue weighted by molar-refractivity contribution is 5.79. The second kappa shape index (κ2) is 10.7. The lowest BCUT2D eigenvalue weighted by Crippen LogP contribution is -2.03. The standard InChI is InChI=1S/C23H31NO/c1-4-6-7-20(5-2)16-24-17-21-12-14-23(15-13-21)25-18-22-10-8-19(3)9-11-22/h8-15,17,20H,4-7,16,18H2,1-3H3. The van der Waals surface area contributed by atoms with E-state index in [2.05, 4.69) is 62.2 Å². The zero-order valence-electron chi connectivity index (χ0n) is 15.9. The zero-order valence-corrected chi connectivity index (χ0v) is 15.9. The van der Waals surface area contributed by atoms with Crippen LogP contribution in [-0.4, -0.2) is 12.8 Å². The second-order valence-electron chi connectivity index (χ2n) is 6.75. The summed E-state index contributed by atoms with van der Waals surface area (Å²) in [5.41, 5.74) is 3.59. The molecule has 0 saturated carbocycles. The van der Waals surface area contributed by atoms with Crippen molar-refractivity contribution in [1.29, 1.82) is 0 Å². The average Bonchev–Trinajstić information content (AvgIpc) is 2.65. The summed E-state index contributed by atoms with van der Waals surface area (Å²) in [5.74, 6) is 1.61. The third kappa shape index (κ3) is 7.13. The van der Waals surface area contributed by atoms with Crippen molar-refractivity contribution in [1.82, 2.24) is 0 Å². The molecule has 2 aromatic rings. The Labute approximate surface area is 153 Å². The number of benzene rings is 2. The van der Waals surface area contributed by atoms with Crippen LogP contribution in [0.3, 0.4) is 0 Å². The summed E-state index contributed by atoms with van der Waals surface area (Å²) >= 11 is 0. The van der Waals surface area contributed by atoms with Crippen LogP contribution in [0.1, 0.15) is 56.2 Å². The lowest BCUT2D eigenvalue weighted by Gasteiger charge is -2.10. The van der Waals surface area contributed by atoms with Crippen LogP contribution in [-0.2, 0) is 6.61 Å². The maximum absolute atomic E-state index is 5.85. The van der Waals surface area contributed by atoms with Gasteiger partial charge in [-0.2, -0.15) is 0 Å². The van der Waals surface area contributed by atoms with Crippen LogP contribution in [0.4, 0.5) is 0 Å². The molecule has 2 rings (SSSR count). The lowest BCUT2D eigenvalue weighted by atomic mass is 10.00. The number of hydrogen-bond acceptors (Lipinski definition) is 2. The fourth-order valence-corrected chi connectivity index (χ4v) is 2.73. The van der Waals surface area contributed by atoms with Crippen LogP contribution in [0.5, 0.6) is 5.75 Å². The van der Waals surface area contributed by atoms with Crippen molar-refractivity contribution in [3.05, 3.63) is 65.2 Å². The molecule has 0 spiro atoms. The highest BCUT2D eigenvalue weighted by Gasteiger charge is 2.03. The molecule has 0 fully saturated rings. The quantitative estimate of drug-likeness (QED) is 0.472. The number of ether oxygens (including phenoxy) is 1. The van der Waals surface area contributed by atoms with Crippen LogP contribution in [0.2, 0.25) is 0 Å². The van der Waals surface area contributed by atoms with E-state index in [1.165, 1.54) is 36.8 Å². The predicted molar refractivity (Wildman–Crippen MR) is 108 cm³/mol. The molecule has 0 amide bonds. The Morgan fingerprint density at radius 2 is 1.72 bits per heavy atom. The molecule has 0 heterocycles. The number of nitrogens with zero attached hydrogens (tertiary/aromatic N) is 1. The SMILES string of the molecule is CCCCC(CC)CN=Cc1ccc(OCc2ccc(C)cc2)cc1. The maximum atomic E-state index is 5.85. The monoisotopic (exact) mass is 337 g/mol. The molecule has 0 N–H and O–H groups in total. The molecule has 2 heteroatoms. The summed E-state index contributed by atoms with van der Waals surface area (Å²) in [6.07, 6.45) is 7.06. The Morgan fingerprint density at radius 1 is 1.00 bits per heavy atom. The van der Waals surface area contributed by atoms with E-state index >= 15 is 0 Å². The molecule has 0 aliphatic rings. The van der Waals surface area contributed by atoms with Crippen molar-refractivity contribution in [3.63, 3.8) is 0 Å². The van der Waals surface area contributed by atoms with E-state index in [0.29, 0.717) is 12.5 Å². The first-order valence-corrected chi connectivity index (χ1v) is 9.49. The van der Waals surface area contributed by atoms with Gasteiger partial charge in [-0.1, -0.05) is 62.9 Å². The van der Waals surface area contributed by atoms with Crippen LogP contribution in [0.15, 0.2) is 53.5 Å². The van der Waals surface area contributed by atoms with E-state index in [0.717, 1.165) is 17.9 Å². The van der Waals surface area contributed by atoms with Gasteiger partial charge >= 0.3 is 0 Å². The zero-order chi connectivity index (χ0) is 17.9. The van der Waals surface area contributed by atoms with E-state index < -0.39 is 0 Å². The van der Waals surface area contributed by atoms with Gasteiger partial charge in [0.1, 0.15) is 12.4 Å². The van der Waals surface area contributed by atoms with Gasteiger partial charge in [-0.05, 0) is 54.7 Å². The van der Waals surface area contributed by atoms with Gasteiger partial charge in [0.25, 0.3) is 0 Å². The molecule has 1 atom stereocenters. The minimum absolute atomic E-state index is 0.601. The Bertz CT molecular complexity index is 628.